The molecular formula is C18H12ClF2N3O2S. The second-order valence-corrected chi connectivity index (χ2v) is 7.81. The molecule has 0 saturated carbocycles. The van der Waals surface area contributed by atoms with Crippen LogP contribution in [-0.4, -0.2) is 19.9 Å². The van der Waals surface area contributed by atoms with E-state index in [0.717, 1.165) is 6.07 Å². The topological polar surface area (TPSA) is 64.0 Å². The molecule has 0 bridgehead atoms. The van der Waals surface area contributed by atoms with Gasteiger partial charge in [0.25, 0.3) is 5.91 Å². The van der Waals surface area contributed by atoms with Gasteiger partial charge in [-0.3, -0.25) is 9.00 Å². The fraction of sp³-hybridized carbons (Fsp3) is 0.111. The van der Waals surface area contributed by atoms with E-state index < -0.39 is 28.3 Å². The quantitative estimate of drug-likeness (QED) is 0.718. The summed E-state index contributed by atoms with van der Waals surface area (Å²) in [4.78, 5) is 12.7. The number of benzene rings is 2. The molecule has 2 heterocycles. The standard InChI is InChI=1S/C18H12ClF2N3O2S/c19-13-2-1-3-14(21)16(13)18(25)22-17-12-8-27(26)9-15(12)23-24(17)11-6-4-10(20)5-7-11/h1-7H,8-9H2,(H,22,25)/t27-/m0/s1. The largest absolute Gasteiger partial charge is 0.306 e. The zero-order valence-corrected chi connectivity index (χ0v) is 15.3. The average Bonchev–Trinajstić information content (AvgIpc) is 3.13. The van der Waals surface area contributed by atoms with Gasteiger partial charge in [-0.05, 0) is 36.4 Å². The van der Waals surface area contributed by atoms with Crippen molar-refractivity contribution < 1.29 is 17.8 Å². The summed E-state index contributed by atoms with van der Waals surface area (Å²) >= 11 is 5.97. The van der Waals surface area contributed by atoms with E-state index >= 15 is 0 Å². The monoisotopic (exact) mass is 407 g/mol. The summed E-state index contributed by atoms with van der Waals surface area (Å²) in [6.45, 7) is 0. The highest BCUT2D eigenvalue weighted by atomic mass is 35.5. The summed E-state index contributed by atoms with van der Waals surface area (Å²) < 4.78 is 40.6. The van der Waals surface area contributed by atoms with E-state index in [1.54, 1.807) is 0 Å². The maximum atomic E-state index is 14.1. The first-order valence-electron chi connectivity index (χ1n) is 7.91. The lowest BCUT2D eigenvalue weighted by Gasteiger charge is -2.12. The molecule has 2 aromatic carbocycles. The maximum absolute atomic E-state index is 14.1. The number of anilines is 1. The number of nitrogens with zero attached hydrogens (tertiary/aromatic N) is 2. The van der Waals surface area contributed by atoms with Gasteiger partial charge in [-0.15, -0.1) is 0 Å². The molecule has 1 amide bonds. The maximum Gasteiger partial charge on any atom is 0.261 e. The molecule has 3 aromatic rings. The minimum Gasteiger partial charge on any atom is -0.306 e. The van der Waals surface area contributed by atoms with E-state index in [4.69, 9.17) is 11.6 Å². The molecule has 0 radical (unpaired) electrons. The van der Waals surface area contributed by atoms with E-state index in [2.05, 4.69) is 10.4 Å². The fourth-order valence-electron chi connectivity index (χ4n) is 2.91. The van der Waals surface area contributed by atoms with Crippen LogP contribution in [0.1, 0.15) is 21.6 Å². The van der Waals surface area contributed by atoms with Crippen LogP contribution in [-0.2, 0) is 22.3 Å². The molecule has 9 heteroatoms. The zero-order chi connectivity index (χ0) is 19.1. The van der Waals surface area contributed by atoms with Crippen LogP contribution in [0.2, 0.25) is 5.02 Å². The molecule has 0 spiro atoms. The molecule has 1 aliphatic rings. The Morgan fingerprint density at radius 2 is 1.89 bits per heavy atom. The van der Waals surface area contributed by atoms with Gasteiger partial charge in [0.2, 0.25) is 0 Å². The van der Waals surface area contributed by atoms with Crippen molar-refractivity contribution in [1.82, 2.24) is 9.78 Å². The Labute approximate surface area is 160 Å². The van der Waals surface area contributed by atoms with Crippen LogP contribution < -0.4 is 5.32 Å². The highest BCUT2D eigenvalue weighted by Crippen LogP contribution is 2.32. The zero-order valence-electron chi connectivity index (χ0n) is 13.7. The van der Waals surface area contributed by atoms with Gasteiger partial charge in [0.1, 0.15) is 17.5 Å². The number of carbonyl (C=O) groups is 1. The van der Waals surface area contributed by atoms with Gasteiger partial charge in [-0.1, -0.05) is 17.7 Å². The summed E-state index contributed by atoms with van der Waals surface area (Å²) in [6, 6.07) is 9.48. The highest BCUT2D eigenvalue weighted by molar-refractivity contribution is 7.83. The van der Waals surface area contributed by atoms with E-state index in [1.165, 1.54) is 41.1 Å². The van der Waals surface area contributed by atoms with Crippen molar-refractivity contribution in [3.8, 4) is 5.69 Å². The number of rotatable bonds is 3. The summed E-state index contributed by atoms with van der Waals surface area (Å²) in [6.07, 6.45) is 0. The van der Waals surface area contributed by atoms with E-state index in [0.29, 0.717) is 16.9 Å². The highest BCUT2D eigenvalue weighted by Gasteiger charge is 2.29. The number of fused-ring (bicyclic) bond motifs is 1. The molecule has 0 unspecified atom stereocenters. The Bertz CT molecular complexity index is 1060. The lowest BCUT2D eigenvalue weighted by Crippen LogP contribution is -2.18. The van der Waals surface area contributed by atoms with Crippen molar-refractivity contribution in [2.45, 2.75) is 11.5 Å². The predicted octanol–water partition coefficient (Wildman–Crippen LogP) is 3.82. The van der Waals surface area contributed by atoms with Gasteiger partial charge < -0.3 is 5.32 Å². The molecule has 1 aromatic heterocycles. The Morgan fingerprint density at radius 3 is 2.59 bits per heavy atom. The van der Waals surface area contributed by atoms with E-state index in [1.807, 2.05) is 0 Å². The lowest BCUT2D eigenvalue weighted by molar-refractivity contribution is 0.102. The number of aromatic nitrogens is 2. The molecule has 1 N–H and O–H groups in total. The first-order valence-corrected chi connectivity index (χ1v) is 9.77. The summed E-state index contributed by atoms with van der Waals surface area (Å²) in [5, 5.41) is 7.00. The van der Waals surface area contributed by atoms with Crippen molar-refractivity contribution in [3.05, 3.63) is 75.9 Å². The third-order valence-corrected chi connectivity index (χ3v) is 5.68. The molecule has 138 valence electrons. The fourth-order valence-corrected chi connectivity index (χ4v) is 4.42. The molecule has 27 heavy (non-hydrogen) atoms. The van der Waals surface area contributed by atoms with Gasteiger partial charge in [0.15, 0.2) is 0 Å². The molecule has 0 fully saturated rings. The third kappa shape index (κ3) is 3.26. The minimum absolute atomic E-state index is 0.0273. The SMILES string of the molecule is O=C(Nc1c2c(nn1-c1ccc(F)cc1)C[S@@](=O)C2)c1c(F)cccc1Cl. The Kier molecular flexibility index (Phi) is 4.53. The van der Waals surface area contributed by atoms with Crippen LogP contribution in [0, 0.1) is 11.6 Å². The van der Waals surface area contributed by atoms with Crippen LogP contribution in [0.25, 0.3) is 5.69 Å². The average molecular weight is 408 g/mol. The minimum atomic E-state index is -1.12. The summed E-state index contributed by atoms with van der Waals surface area (Å²) in [5.74, 6) is -1.17. The van der Waals surface area contributed by atoms with Gasteiger partial charge in [0.05, 0.1) is 33.5 Å². The van der Waals surface area contributed by atoms with E-state index in [-0.39, 0.29) is 27.9 Å². The molecule has 0 aliphatic carbocycles. The van der Waals surface area contributed by atoms with Crippen molar-refractivity contribution in [1.29, 1.82) is 0 Å². The second-order valence-electron chi connectivity index (χ2n) is 5.94. The summed E-state index contributed by atoms with van der Waals surface area (Å²) in [7, 11) is -1.12. The summed E-state index contributed by atoms with van der Waals surface area (Å²) in [5.41, 5.74) is 1.40. The van der Waals surface area contributed by atoms with Crippen LogP contribution in [0.3, 0.4) is 0 Å². The Morgan fingerprint density at radius 1 is 1.15 bits per heavy atom. The number of nitrogens with one attached hydrogen (secondary N) is 1. The number of carbonyl (C=O) groups excluding carboxylic acids is 1. The first kappa shape index (κ1) is 17.8. The normalized spacial score (nSPS) is 15.6. The van der Waals surface area contributed by atoms with E-state index in [9.17, 15) is 17.8 Å². The molecular weight excluding hydrogens is 396 g/mol. The van der Waals surface area contributed by atoms with Crippen molar-refractivity contribution in [2.75, 3.05) is 5.32 Å². The Balaban J connectivity index is 1.78. The lowest BCUT2D eigenvalue weighted by atomic mass is 10.2. The van der Waals surface area contributed by atoms with Gasteiger partial charge in [-0.2, -0.15) is 5.10 Å². The van der Waals surface area contributed by atoms with Crippen LogP contribution in [0.15, 0.2) is 42.5 Å². The van der Waals surface area contributed by atoms with Gasteiger partial charge >= 0.3 is 0 Å². The van der Waals surface area contributed by atoms with Crippen LogP contribution in [0.5, 0.6) is 0 Å². The number of hydrogen-bond acceptors (Lipinski definition) is 3. The van der Waals surface area contributed by atoms with Gasteiger partial charge in [-0.25, -0.2) is 13.5 Å². The second kappa shape index (κ2) is 6.86. The number of amides is 1. The molecule has 4 rings (SSSR count). The third-order valence-electron chi connectivity index (χ3n) is 4.16. The smallest absolute Gasteiger partial charge is 0.261 e. The first-order chi connectivity index (χ1) is 12.9. The van der Waals surface area contributed by atoms with Crippen molar-refractivity contribution in [3.63, 3.8) is 0 Å². The van der Waals surface area contributed by atoms with Crippen LogP contribution >= 0.6 is 11.6 Å². The Hall–Kier alpha value is -2.58. The van der Waals surface area contributed by atoms with Crippen LogP contribution in [0.4, 0.5) is 14.6 Å². The van der Waals surface area contributed by atoms with Crippen molar-refractivity contribution >= 4 is 34.1 Å². The predicted molar refractivity (Wildman–Crippen MR) is 98.4 cm³/mol. The molecule has 5 nitrogen and oxygen atoms in total. The van der Waals surface area contributed by atoms with Gasteiger partial charge in [0, 0.05) is 16.4 Å². The number of halogens is 3. The van der Waals surface area contributed by atoms with Crippen molar-refractivity contribution in [2.24, 2.45) is 0 Å². The molecule has 0 saturated heterocycles. The number of hydrogen-bond donors (Lipinski definition) is 1. The molecule has 1 atom stereocenters. The molecule has 1 aliphatic heterocycles.